The van der Waals surface area contributed by atoms with Crippen LogP contribution in [-0.2, 0) is 0 Å². The first kappa shape index (κ1) is 12.8. The van der Waals surface area contributed by atoms with E-state index >= 15 is 0 Å². The maximum Gasteiger partial charge on any atom is 0.00570 e. The fourth-order valence-corrected chi connectivity index (χ4v) is 2.22. The van der Waals surface area contributed by atoms with Crippen LogP contribution in [0.5, 0.6) is 0 Å². The van der Waals surface area contributed by atoms with Crippen molar-refractivity contribution in [2.24, 2.45) is 5.92 Å². The summed E-state index contributed by atoms with van der Waals surface area (Å²) in [4.78, 5) is 0. The molecule has 0 aromatic heterocycles. The van der Waals surface area contributed by atoms with E-state index in [1.165, 1.54) is 24.8 Å². The fourth-order valence-electron chi connectivity index (χ4n) is 1.89. The first-order valence-electron chi connectivity index (χ1n) is 5.88. The van der Waals surface area contributed by atoms with E-state index in [2.05, 4.69) is 60.1 Å². The molecule has 0 spiro atoms. The molecule has 84 valence electrons. The Morgan fingerprint density at radius 1 is 1.13 bits per heavy atom. The molecule has 0 aliphatic rings. The van der Waals surface area contributed by atoms with E-state index in [9.17, 15) is 0 Å². The van der Waals surface area contributed by atoms with Gasteiger partial charge in [0.1, 0.15) is 0 Å². The lowest BCUT2D eigenvalue weighted by atomic mass is 9.89. The molecule has 0 amide bonds. The average Bonchev–Trinajstić information content (AvgIpc) is 2.31. The Balaban J connectivity index is 2.50. The number of alkyl halides is 1. The summed E-state index contributed by atoms with van der Waals surface area (Å²) < 4.78 is 0. The molecule has 15 heavy (non-hydrogen) atoms. The van der Waals surface area contributed by atoms with Crippen molar-refractivity contribution < 1.29 is 0 Å². The van der Waals surface area contributed by atoms with E-state index in [-0.39, 0.29) is 0 Å². The van der Waals surface area contributed by atoms with E-state index in [0.29, 0.717) is 0 Å². The Labute approximate surface area is 102 Å². The Morgan fingerprint density at radius 2 is 1.80 bits per heavy atom. The molecule has 1 aromatic rings. The standard InChI is InChI=1S/C14H21Br/c1-3-13(10-9-12(2)11-15)14-7-5-4-6-8-14/h4-8,12-13H,3,9-11H2,1-2H3. The van der Waals surface area contributed by atoms with Crippen molar-refractivity contribution >= 4 is 15.9 Å². The maximum atomic E-state index is 3.54. The van der Waals surface area contributed by atoms with Crippen molar-refractivity contribution in [3.63, 3.8) is 0 Å². The first-order valence-corrected chi connectivity index (χ1v) is 7.01. The van der Waals surface area contributed by atoms with E-state index in [1.54, 1.807) is 0 Å². The van der Waals surface area contributed by atoms with Crippen LogP contribution in [0.3, 0.4) is 0 Å². The second-order valence-electron chi connectivity index (χ2n) is 4.35. The minimum absolute atomic E-state index is 0.743. The molecule has 1 aromatic carbocycles. The van der Waals surface area contributed by atoms with Crippen LogP contribution in [0.1, 0.15) is 44.6 Å². The summed E-state index contributed by atoms with van der Waals surface area (Å²) in [6.07, 6.45) is 3.88. The summed E-state index contributed by atoms with van der Waals surface area (Å²) in [5.41, 5.74) is 1.50. The number of rotatable bonds is 6. The number of benzene rings is 1. The van der Waals surface area contributed by atoms with Gasteiger partial charge in [0.05, 0.1) is 0 Å². The van der Waals surface area contributed by atoms with Crippen LogP contribution in [0.4, 0.5) is 0 Å². The second-order valence-corrected chi connectivity index (χ2v) is 5.00. The van der Waals surface area contributed by atoms with Crippen molar-refractivity contribution in [1.82, 2.24) is 0 Å². The van der Waals surface area contributed by atoms with Gasteiger partial charge in [-0.2, -0.15) is 0 Å². The van der Waals surface area contributed by atoms with Crippen molar-refractivity contribution in [3.05, 3.63) is 35.9 Å². The highest BCUT2D eigenvalue weighted by Crippen LogP contribution is 2.26. The van der Waals surface area contributed by atoms with Crippen LogP contribution in [0.2, 0.25) is 0 Å². The summed E-state index contributed by atoms with van der Waals surface area (Å²) in [7, 11) is 0. The Kier molecular flexibility index (Phi) is 6.00. The predicted octanol–water partition coefficient (Wildman–Crippen LogP) is 4.99. The van der Waals surface area contributed by atoms with E-state index in [1.807, 2.05) is 0 Å². The molecular formula is C14H21Br. The molecule has 0 heterocycles. The average molecular weight is 269 g/mol. The molecule has 2 unspecified atom stereocenters. The third-order valence-electron chi connectivity index (χ3n) is 3.04. The van der Waals surface area contributed by atoms with Gasteiger partial charge in [-0.15, -0.1) is 0 Å². The minimum atomic E-state index is 0.743. The Bertz CT molecular complexity index is 255. The molecule has 0 aliphatic carbocycles. The quantitative estimate of drug-likeness (QED) is 0.638. The molecule has 1 heteroatoms. The predicted molar refractivity (Wildman–Crippen MR) is 71.7 cm³/mol. The van der Waals surface area contributed by atoms with Gasteiger partial charge in [0.25, 0.3) is 0 Å². The highest BCUT2D eigenvalue weighted by molar-refractivity contribution is 9.09. The van der Waals surface area contributed by atoms with Gasteiger partial charge in [0, 0.05) is 5.33 Å². The van der Waals surface area contributed by atoms with Crippen LogP contribution >= 0.6 is 15.9 Å². The van der Waals surface area contributed by atoms with E-state index < -0.39 is 0 Å². The van der Waals surface area contributed by atoms with Gasteiger partial charge in [-0.25, -0.2) is 0 Å². The van der Waals surface area contributed by atoms with Gasteiger partial charge in [-0.1, -0.05) is 60.1 Å². The van der Waals surface area contributed by atoms with E-state index in [0.717, 1.165) is 17.2 Å². The number of hydrogen-bond donors (Lipinski definition) is 0. The molecule has 0 fully saturated rings. The molecule has 0 radical (unpaired) electrons. The second kappa shape index (κ2) is 7.05. The summed E-state index contributed by atoms with van der Waals surface area (Å²) in [6.45, 7) is 4.60. The zero-order valence-corrected chi connectivity index (χ0v) is 11.3. The van der Waals surface area contributed by atoms with Crippen LogP contribution in [0, 0.1) is 5.92 Å². The minimum Gasteiger partial charge on any atom is -0.0925 e. The Hall–Kier alpha value is -0.300. The summed E-state index contributed by atoms with van der Waals surface area (Å²) >= 11 is 3.54. The van der Waals surface area contributed by atoms with Gasteiger partial charge in [0.15, 0.2) is 0 Å². The smallest absolute Gasteiger partial charge is 0.00570 e. The molecule has 1 rings (SSSR count). The van der Waals surface area contributed by atoms with Gasteiger partial charge in [0.2, 0.25) is 0 Å². The summed E-state index contributed by atoms with van der Waals surface area (Å²) in [6, 6.07) is 10.9. The first-order chi connectivity index (χ1) is 7.27. The van der Waals surface area contributed by atoms with Crippen molar-refractivity contribution in [2.75, 3.05) is 5.33 Å². The van der Waals surface area contributed by atoms with Gasteiger partial charge in [-0.3, -0.25) is 0 Å². The maximum absolute atomic E-state index is 3.54. The highest BCUT2D eigenvalue weighted by Gasteiger charge is 2.10. The normalized spacial score (nSPS) is 14.9. The molecule has 0 nitrogen and oxygen atoms in total. The van der Waals surface area contributed by atoms with Crippen LogP contribution in [-0.4, -0.2) is 5.33 Å². The van der Waals surface area contributed by atoms with Crippen molar-refractivity contribution in [1.29, 1.82) is 0 Å². The third-order valence-corrected chi connectivity index (χ3v) is 4.14. The number of hydrogen-bond acceptors (Lipinski definition) is 0. The van der Waals surface area contributed by atoms with Gasteiger partial charge < -0.3 is 0 Å². The summed E-state index contributed by atoms with van der Waals surface area (Å²) in [5.74, 6) is 1.54. The van der Waals surface area contributed by atoms with Crippen molar-refractivity contribution in [3.8, 4) is 0 Å². The van der Waals surface area contributed by atoms with E-state index in [4.69, 9.17) is 0 Å². The zero-order chi connectivity index (χ0) is 11.1. The van der Waals surface area contributed by atoms with Gasteiger partial charge in [-0.05, 0) is 36.7 Å². The molecule has 0 N–H and O–H groups in total. The molecule has 0 bridgehead atoms. The lowest BCUT2D eigenvalue weighted by molar-refractivity contribution is 0.498. The molecule has 2 atom stereocenters. The monoisotopic (exact) mass is 268 g/mol. The molecule has 0 saturated carbocycles. The molecule has 0 aliphatic heterocycles. The topological polar surface area (TPSA) is 0 Å². The zero-order valence-electron chi connectivity index (χ0n) is 9.75. The molecule has 0 saturated heterocycles. The van der Waals surface area contributed by atoms with Gasteiger partial charge >= 0.3 is 0 Å². The Morgan fingerprint density at radius 3 is 2.33 bits per heavy atom. The third kappa shape index (κ3) is 4.38. The largest absolute Gasteiger partial charge is 0.0925 e. The lowest BCUT2D eigenvalue weighted by Crippen LogP contribution is -2.02. The SMILES string of the molecule is CCC(CCC(C)CBr)c1ccccc1. The lowest BCUT2D eigenvalue weighted by Gasteiger charge is -2.17. The van der Waals surface area contributed by atoms with Crippen LogP contribution in [0.15, 0.2) is 30.3 Å². The summed E-state index contributed by atoms with van der Waals surface area (Å²) in [5, 5.41) is 1.12. The van der Waals surface area contributed by atoms with Crippen LogP contribution in [0.25, 0.3) is 0 Å². The number of halogens is 1. The molecular weight excluding hydrogens is 248 g/mol. The van der Waals surface area contributed by atoms with Crippen LogP contribution < -0.4 is 0 Å². The highest BCUT2D eigenvalue weighted by atomic mass is 79.9. The fraction of sp³-hybridized carbons (Fsp3) is 0.571. The van der Waals surface area contributed by atoms with Crippen molar-refractivity contribution in [2.45, 2.75) is 39.0 Å².